The van der Waals surface area contributed by atoms with Gasteiger partial charge < -0.3 is 5.32 Å². The molecule has 1 aromatic heterocycles. The van der Waals surface area contributed by atoms with E-state index in [4.69, 9.17) is 0 Å². The molecule has 3 nitrogen and oxygen atoms in total. The van der Waals surface area contributed by atoms with Crippen LogP contribution in [0, 0.1) is 15.2 Å². The molecule has 1 heterocycles. The fourth-order valence-electron chi connectivity index (χ4n) is 1.82. The molecule has 2 rings (SSSR count). The van der Waals surface area contributed by atoms with Crippen molar-refractivity contribution in [3.63, 3.8) is 0 Å². The lowest BCUT2D eigenvalue weighted by molar-refractivity contribution is 0.584. The number of aromatic nitrogens is 2. The Morgan fingerprint density at radius 1 is 1.10 bits per heavy atom. The Bertz CT molecular complexity index is 612. The van der Waals surface area contributed by atoms with Gasteiger partial charge in [-0.2, -0.15) is 0 Å². The number of anilines is 1. The molecule has 0 aliphatic heterocycles. The molecule has 0 atom stereocenters. The number of nitrogens with zero attached hydrogens (tertiary/aromatic N) is 2. The third-order valence-electron chi connectivity index (χ3n) is 2.72. The van der Waals surface area contributed by atoms with Crippen LogP contribution in [0.1, 0.15) is 19.5 Å². The van der Waals surface area contributed by atoms with Crippen LogP contribution in [-0.2, 0) is 6.42 Å². The van der Waals surface area contributed by atoms with Crippen molar-refractivity contribution >= 4 is 28.4 Å². The molecule has 0 spiro atoms. The van der Waals surface area contributed by atoms with Crippen LogP contribution in [0.25, 0.3) is 11.4 Å². The highest BCUT2D eigenvalue weighted by molar-refractivity contribution is 14.1. The van der Waals surface area contributed by atoms with Gasteiger partial charge in [0.05, 0.1) is 9.26 Å². The summed E-state index contributed by atoms with van der Waals surface area (Å²) in [6, 6.07) is 3.31. The Morgan fingerprint density at radius 2 is 1.75 bits per heavy atom. The summed E-state index contributed by atoms with van der Waals surface area (Å²) in [6.07, 6.45) is 0.726. The van der Waals surface area contributed by atoms with Crippen LogP contribution in [0.2, 0.25) is 0 Å². The molecule has 0 aliphatic carbocycles. The van der Waals surface area contributed by atoms with Crippen molar-refractivity contribution in [3.8, 4) is 11.4 Å². The molecule has 0 aliphatic rings. The van der Waals surface area contributed by atoms with Crippen molar-refractivity contribution in [3.05, 3.63) is 39.1 Å². The van der Waals surface area contributed by atoms with E-state index < -0.39 is 11.6 Å². The standard InChI is InChI=1S/C14H14F2IN3/c1-3-11-12(17)14(18-4-2)20-13(19-11)8-5-9(15)7-10(16)6-8/h5-7H,3-4H2,1-2H3,(H,18,19,20). The second-order valence-electron chi connectivity index (χ2n) is 4.20. The van der Waals surface area contributed by atoms with Crippen molar-refractivity contribution in [2.45, 2.75) is 20.3 Å². The molecule has 0 bridgehead atoms. The highest BCUT2D eigenvalue weighted by atomic mass is 127. The summed E-state index contributed by atoms with van der Waals surface area (Å²) in [6.45, 7) is 4.66. The maximum Gasteiger partial charge on any atom is 0.162 e. The van der Waals surface area contributed by atoms with Gasteiger partial charge in [-0.05, 0) is 48.1 Å². The largest absolute Gasteiger partial charge is 0.369 e. The quantitative estimate of drug-likeness (QED) is 0.803. The minimum Gasteiger partial charge on any atom is -0.369 e. The Kier molecular flexibility index (Phi) is 4.85. The van der Waals surface area contributed by atoms with E-state index in [0.29, 0.717) is 23.8 Å². The topological polar surface area (TPSA) is 37.8 Å². The maximum absolute atomic E-state index is 13.3. The second kappa shape index (κ2) is 6.43. The summed E-state index contributed by atoms with van der Waals surface area (Å²) in [5, 5.41) is 3.14. The smallest absolute Gasteiger partial charge is 0.162 e. The average molecular weight is 389 g/mol. The highest BCUT2D eigenvalue weighted by Gasteiger charge is 2.13. The number of hydrogen-bond acceptors (Lipinski definition) is 3. The first-order valence-electron chi connectivity index (χ1n) is 6.31. The SMILES string of the molecule is CCNc1nc(-c2cc(F)cc(F)c2)nc(CC)c1I. The normalized spacial score (nSPS) is 10.7. The molecular weight excluding hydrogens is 375 g/mol. The maximum atomic E-state index is 13.3. The third kappa shape index (κ3) is 3.23. The zero-order chi connectivity index (χ0) is 14.7. The molecule has 1 N–H and O–H groups in total. The molecule has 0 radical (unpaired) electrons. The Morgan fingerprint density at radius 3 is 2.30 bits per heavy atom. The summed E-state index contributed by atoms with van der Waals surface area (Å²) in [4.78, 5) is 8.75. The monoisotopic (exact) mass is 389 g/mol. The van der Waals surface area contributed by atoms with Gasteiger partial charge in [0.25, 0.3) is 0 Å². The van der Waals surface area contributed by atoms with Gasteiger partial charge in [-0.25, -0.2) is 18.7 Å². The van der Waals surface area contributed by atoms with Crippen LogP contribution in [0.15, 0.2) is 18.2 Å². The van der Waals surface area contributed by atoms with E-state index in [9.17, 15) is 8.78 Å². The highest BCUT2D eigenvalue weighted by Crippen LogP contribution is 2.25. The molecule has 0 saturated heterocycles. The molecule has 0 unspecified atom stereocenters. The van der Waals surface area contributed by atoms with E-state index >= 15 is 0 Å². The third-order valence-corrected chi connectivity index (χ3v) is 3.85. The van der Waals surface area contributed by atoms with E-state index in [1.54, 1.807) is 0 Å². The van der Waals surface area contributed by atoms with Gasteiger partial charge >= 0.3 is 0 Å². The van der Waals surface area contributed by atoms with Crippen LogP contribution in [0.3, 0.4) is 0 Å². The Balaban J connectivity index is 2.58. The van der Waals surface area contributed by atoms with E-state index in [1.165, 1.54) is 12.1 Å². The summed E-state index contributed by atoms with van der Waals surface area (Å²) in [5.74, 6) is -0.244. The fraction of sp³-hybridized carbons (Fsp3) is 0.286. The Hall–Kier alpha value is -1.31. The fourth-order valence-corrected chi connectivity index (χ4v) is 2.64. The lowest BCUT2D eigenvalue weighted by Crippen LogP contribution is -2.07. The molecule has 2 aromatic rings. The Labute approximate surface area is 130 Å². The predicted molar refractivity (Wildman–Crippen MR) is 83.6 cm³/mol. The molecule has 0 amide bonds. The number of benzene rings is 1. The van der Waals surface area contributed by atoms with E-state index in [1.807, 2.05) is 13.8 Å². The number of nitrogens with one attached hydrogen (secondary N) is 1. The average Bonchev–Trinajstić information content (AvgIpc) is 2.40. The van der Waals surface area contributed by atoms with Crippen molar-refractivity contribution in [2.24, 2.45) is 0 Å². The zero-order valence-electron chi connectivity index (χ0n) is 11.2. The summed E-state index contributed by atoms with van der Waals surface area (Å²) in [7, 11) is 0. The summed E-state index contributed by atoms with van der Waals surface area (Å²) < 4.78 is 27.6. The molecule has 106 valence electrons. The van der Waals surface area contributed by atoms with Gasteiger partial charge in [0.2, 0.25) is 0 Å². The number of hydrogen-bond donors (Lipinski definition) is 1. The molecule has 6 heteroatoms. The van der Waals surface area contributed by atoms with Crippen LogP contribution in [0.4, 0.5) is 14.6 Å². The van der Waals surface area contributed by atoms with Gasteiger partial charge in [0.1, 0.15) is 17.5 Å². The van der Waals surface area contributed by atoms with Crippen molar-refractivity contribution in [1.82, 2.24) is 9.97 Å². The first kappa shape index (κ1) is 15.1. The van der Waals surface area contributed by atoms with Gasteiger partial charge in [-0.1, -0.05) is 6.92 Å². The van der Waals surface area contributed by atoms with Crippen LogP contribution in [-0.4, -0.2) is 16.5 Å². The first-order valence-corrected chi connectivity index (χ1v) is 7.39. The van der Waals surface area contributed by atoms with Crippen LogP contribution < -0.4 is 5.32 Å². The molecule has 1 aromatic carbocycles. The van der Waals surface area contributed by atoms with Crippen molar-refractivity contribution in [1.29, 1.82) is 0 Å². The van der Waals surface area contributed by atoms with Crippen LogP contribution >= 0.6 is 22.6 Å². The first-order chi connectivity index (χ1) is 9.55. The lowest BCUT2D eigenvalue weighted by atomic mass is 10.2. The van der Waals surface area contributed by atoms with Gasteiger partial charge in [-0.3, -0.25) is 0 Å². The summed E-state index contributed by atoms with van der Waals surface area (Å²) >= 11 is 2.18. The predicted octanol–water partition coefficient (Wildman–Crippen LogP) is 4.02. The second-order valence-corrected chi connectivity index (χ2v) is 5.28. The molecule has 0 fully saturated rings. The van der Waals surface area contributed by atoms with E-state index in [0.717, 1.165) is 21.8 Å². The zero-order valence-corrected chi connectivity index (χ0v) is 13.3. The van der Waals surface area contributed by atoms with Gasteiger partial charge in [0, 0.05) is 18.2 Å². The van der Waals surface area contributed by atoms with Crippen LogP contribution in [0.5, 0.6) is 0 Å². The minimum atomic E-state index is -0.634. The van der Waals surface area contributed by atoms with Gasteiger partial charge in [-0.15, -0.1) is 0 Å². The number of aryl methyl sites for hydroxylation is 1. The van der Waals surface area contributed by atoms with Crippen molar-refractivity contribution < 1.29 is 8.78 Å². The molecule has 0 saturated carbocycles. The lowest BCUT2D eigenvalue weighted by Gasteiger charge is -2.11. The molecule has 20 heavy (non-hydrogen) atoms. The minimum absolute atomic E-state index is 0.330. The van der Waals surface area contributed by atoms with Crippen molar-refractivity contribution in [2.75, 3.05) is 11.9 Å². The number of rotatable bonds is 4. The summed E-state index contributed by atoms with van der Waals surface area (Å²) in [5.41, 5.74) is 1.20. The molecular formula is C14H14F2IN3. The van der Waals surface area contributed by atoms with Gasteiger partial charge in [0.15, 0.2) is 5.82 Å². The number of halogens is 3. The van der Waals surface area contributed by atoms with E-state index in [2.05, 4.69) is 37.9 Å². The van der Waals surface area contributed by atoms with E-state index in [-0.39, 0.29) is 0 Å².